The van der Waals surface area contributed by atoms with Crippen molar-refractivity contribution in [2.75, 3.05) is 13.1 Å². The molecule has 3 fully saturated rings. The van der Waals surface area contributed by atoms with Crippen LogP contribution in [0.15, 0.2) is 18.2 Å². The van der Waals surface area contributed by atoms with Crippen LogP contribution in [0.3, 0.4) is 0 Å². The van der Waals surface area contributed by atoms with Gasteiger partial charge in [-0.15, -0.1) is 0 Å². The highest BCUT2D eigenvalue weighted by Gasteiger charge is 2.53. The molecule has 1 spiro atoms. The fourth-order valence-electron chi connectivity index (χ4n) is 4.70. The number of likely N-dealkylation sites (tertiary alicyclic amines) is 1. The second-order valence-corrected chi connectivity index (χ2v) is 9.85. The number of carbonyl (C=O) groups is 4. The number of imide groups is 1. The second kappa shape index (κ2) is 8.90. The number of carbonyl (C=O) groups excluding carboxylic acids is 4. The summed E-state index contributed by atoms with van der Waals surface area (Å²) in [6, 6.07) is 4.06. The van der Waals surface area contributed by atoms with Crippen molar-refractivity contribution in [1.29, 1.82) is 0 Å². The Bertz CT molecular complexity index is 961. The third-order valence-electron chi connectivity index (χ3n) is 6.76. The van der Waals surface area contributed by atoms with Gasteiger partial charge in [-0.2, -0.15) is 5.01 Å². The molecule has 1 aromatic carbocycles. The van der Waals surface area contributed by atoms with E-state index in [4.69, 9.17) is 23.2 Å². The van der Waals surface area contributed by atoms with Crippen LogP contribution in [0.1, 0.15) is 55.8 Å². The van der Waals surface area contributed by atoms with Crippen molar-refractivity contribution in [3.05, 3.63) is 33.8 Å². The Hall–Kier alpha value is -2.32. The smallest absolute Gasteiger partial charge is 0.338 e. The first-order valence-electron chi connectivity index (χ1n) is 10.9. The average molecular weight is 481 g/mol. The lowest BCUT2D eigenvalue weighted by Gasteiger charge is -2.34. The van der Waals surface area contributed by atoms with Crippen LogP contribution in [0.4, 0.5) is 4.79 Å². The molecule has 1 unspecified atom stereocenters. The third-order valence-corrected chi connectivity index (χ3v) is 7.50. The van der Waals surface area contributed by atoms with Crippen molar-refractivity contribution in [2.24, 2.45) is 11.8 Å². The second-order valence-electron chi connectivity index (χ2n) is 9.03. The number of amides is 5. The molecule has 1 saturated carbocycles. The van der Waals surface area contributed by atoms with Crippen molar-refractivity contribution in [3.63, 3.8) is 0 Å². The molecule has 8 nitrogen and oxygen atoms in total. The molecule has 1 aliphatic carbocycles. The summed E-state index contributed by atoms with van der Waals surface area (Å²) in [6.45, 7) is 2.83. The van der Waals surface area contributed by atoms with Gasteiger partial charge < -0.3 is 10.2 Å². The molecule has 1 atom stereocenters. The largest absolute Gasteiger partial charge is 0.344 e. The van der Waals surface area contributed by atoms with Crippen molar-refractivity contribution in [3.8, 4) is 0 Å². The Balaban J connectivity index is 1.40. The number of hydrogen-bond donors (Lipinski definition) is 2. The molecule has 0 bridgehead atoms. The standard InChI is InChI=1S/C22H26Cl2N4O4/c1-13-6-8-22(9-7-13)20(31)28(21(32)25-22)26-18(29)15-3-2-10-27(12-15)19(30)14-4-5-16(23)17(24)11-14/h4-5,11,13,15H,2-3,6-10,12H2,1H3,(H,25,32)(H,26,29). The molecular weight excluding hydrogens is 455 g/mol. The number of nitrogens with one attached hydrogen (secondary N) is 2. The zero-order valence-corrected chi connectivity index (χ0v) is 19.3. The number of piperidine rings is 1. The van der Waals surface area contributed by atoms with Gasteiger partial charge in [0.25, 0.3) is 11.8 Å². The average Bonchev–Trinajstić information content (AvgIpc) is 3.01. The zero-order chi connectivity index (χ0) is 23.0. The van der Waals surface area contributed by atoms with E-state index in [1.807, 2.05) is 0 Å². The first kappa shape index (κ1) is 22.9. The van der Waals surface area contributed by atoms with E-state index in [-0.39, 0.29) is 17.5 Å². The summed E-state index contributed by atoms with van der Waals surface area (Å²) in [4.78, 5) is 52.8. The quantitative estimate of drug-likeness (QED) is 0.647. The van der Waals surface area contributed by atoms with Crippen molar-refractivity contribution in [1.82, 2.24) is 20.7 Å². The fourth-order valence-corrected chi connectivity index (χ4v) is 5.00. The molecule has 2 heterocycles. The lowest BCUT2D eigenvalue weighted by atomic mass is 9.77. The van der Waals surface area contributed by atoms with E-state index in [0.717, 1.165) is 17.9 Å². The maximum Gasteiger partial charge on any atom is 0.344 e. The molecule has 2 saturated heterocycles. The molecule has 172 valence electrons. The SMILES string of the molecule is CC1CCC2(CC1)NC(=O)N(NC(=O)C1CCCN(C(=O)c3ccc(Cl)c(Cl)c3)C1)C2=O. The molecule has 0 radical (unpaired) electrons. The maximum atomic E-state index is 13.0. The van der Waals surface area contributed by atoms with Gasteiger partial charge in [0.2, 0.25) is 5.91 Å². The zero-order valence-electron chi connectivity index (χ0n) is 17.8. The van der Waals surface area contributed by atoms with Crippen molar-refractivity contribution in [2.45, 2.75) is 51.0 Å². The minimum absolute atomic E-state index is 0.192. The summed E-state index contributed by atoms with van der Waals surface area (Å²) < 4.78 is 0. The summed E-state index contributed by atoms with van der Waals surface area (Å²) in [5, 5.41) is 4.25. The normalized spacial score (nSPS) is 28.1. The van der Waals surface area contributed by atoms with E-state index < -0.39 is 29.3 Å². The van der Waals surface area contributed by atoms with Gasteiger partial charge in [-0.1, -0.05) is 30.1 Å². The molecule has 5 amide bonds. The minimum atomic E-state index is -0.917. The van der Waals surface area contributed by atoms with Gasteiger partial charge in [-0.05, 0) is 62.6 Å². The van der Waals surface area contributed by atoms with E-state index >= 15 is 0 Å². The van der Waals surface area contributed by atoms with Gasteiger partial charge in [-0.3, -0.25) is 19.8 Å². The number of halogens is 2. The number of urea groups is 1. The first-order valence-corrected chi connectivity index (χ1v) is 11.7. The van der Waals surface area contributed by atoms with Crippen LogP contribution in [0, 0.1) is 11.8 Å². The number of hydrazine groups is 1. The van der Waals surface area contributed by atoms with Crippen LogP contribution < -0.4 is 10.7 Å². The number of rotatable bonds is 3. The Morgan fingerprint density at radius 2 is 1.84 bits per heavy atom. The van der Waals surface area contributed by atoms with Gasteiger partial charge in [0.15, 0.2) is 0 Å². The first-order chi connectivity index (χ1) is 15.2. The van der Waals surface area contributed by atoms with Crippen LogP contribution in [-0.4, -0.2) is 52.3 Å². The Morgan fingerprint density at radius 3 is 2.53 bits per heavy atom. The lowest BCUT2D eigenvalue weighted by molar-refractivity contribution is -0.142. The molecule has 10 heteroatoms. The number of nitrogens with zero attached hydrogens (tertiary/aromatic N) is 2. The monoisotopic (exact) mass is 480 g/mol. The summed E-state index contributed by atoms with van der Waals surface area (Å²) >= 11 is 12.0. The molecule has 2 aliphatic heterocycles. The Labute approximate surface area is 196 Å². The predicted molar refractivity (Wildman–Crippen MR) is 119 cm³/mol. The third kappa shape index (κ3) is 4.30. The highest BCUT2D eigenvalue weighted by atomic mass is 35.5. The summed E-state index contributed by atoms with van der Waals surface area (Å²) in [6.07, 6.45) is 4.03. The highest BCUT2D eigenvalue weighted by Crippen LogP contribution is 2.36. The minimum Gasteiger partial charge on any atom is -0.338 e. The number of benzene rings is 1. The molecule has 3 aliphatic rings. The van der Waals surface area contributed by atoms with E-state index in [2.05, 4.69) is 17.7 Å². The van der Waals surface area contributed by atoms with Crippen LogP contribution in [0.25, 0.3) is 0 Å². The van der Waals surface area contributed by atoms with Crippen LogP contribution in [-0.2, 0) is 9.59 Å². The van der Waals surface area contributed by atoms with E-state index in [1.54, 1.807) is 17.0 Å². The van der Waals surface area contributed by atoms with Crippen LogP contribution in [0.2, 0.25) is 10.0 Å². The van der Waals surface area contributed by atoms with Crippen LogP contribution >= 0.6 is 23.2 Å². The van der Waals surface area contributed by atoms with Gasteiger partial charge in [0.05, 0.1) is 16.0 Å². The van der Waals surface area contributed by atoms with Crippen molar-refractivity contribution >= 4 is 47.0 Å². The molecule has 4 rings (SSSR count). The molecule has 0 aromatic heterocycles. The van der Waals surface area contributed by atoms with Crippen molar-refractivity contribution < 1.29 is 19.2 Å². The van der Waals surface area contributed by atoms with E-state index in [9.17, 15) is 19.2 Å². The van der Waals surface area contributed by atoms with Crippen LogP contribution in [0.5, 0.6) is 0 Å². The van der Waals surface area contributed by atoms with Gasteiger partial charge >= 0.3 is 6.03 Å². The number of hydrogen-bond acceptors (Lipinski definition) is 4. The van der Waals surface area contributed by atoms with Gasteiger partial charge in [-0.25, -0.2) is 4.79 Å². The molecule has 32 heavy (non-hydrogen) atoms. The molecular formula is C22H26Cl2N4O4. The topological polar surface area (TPSA) is 98.8 Å². The summed E-state index contributed by atoms with van der Waals surface area (Å²) in [5.41, 5.74) is 1.98. The lowest BCUT2D eigenvalue weighted by Crippen LogP contribution is -2.54. The predicted octanol–water partition coefficient (Wildman–Crippen LogP) is 3.38. The van der Waals surface area contributed by atoms with Gasteiger partial charge in [0, 0.05) is 18.7 Å². The maximum absolute atomic E-state index is 13.0. The van der Waals surface area contributed by atoms with E-state index in [0.29, 0.717) is 48.7 Å². The van der Waals surface area contributed by atoms with Gasteiger partial charge in [0.1, 0.15) is 5.54 Å². The molecule has 1 aromatic rings. The summed E-state index contributed by atoms with van der Waals surface area (Å²) in [7, 11) is 0. The summed E-state index contributed by atoms with van der Waals surface area (Å²) in [5.74, 6) is -1.11. The Kier molecular flexibility index (Phi) is 6.36. The molecule has 2 N–H and O–H groups in total. The fraction of sp³-hybridized carbons (Fsp3) is 0.545. The highest BCUT2D eigenvalue weighted by molar-refractivity contribution is 6.42. The Morgan fingerprint density at radius 1 is 1.12 bits per heavy atom. The van der Waals surface area contributed by atoms with E-state index in [1.165, 1.54) is 6.07 Å².